The number of aliphatic carboxylic acids is 1. The highest BCUT2D eigenvalue weighted by molar-refractivity contribution is 5.83. The van der Waals surface area contributed by atoms with Gasteiger partial charge in [0.05, 0.1) is 5.92 Å². The molecule has 1 amide bonds. The van der Waals surface area contributed by atoms with Gasteiger partial charge in [-0.25, -0.2) is 0 Å². The molecule has 114 valence electrons. The van der Waals surface area contributed by atoms with E-state index in [2.05, 4.69) is 5.10 Å². The van der Waals surface area contributed by atoms with Gasteiger partial charge in [-0.05, 0) is 24.1 Å². The first-order valence-corrected chi connectivity index (χ1v) is 7.16. The van der Waals surface area contributed by atoms with E-state index in [0.29, 0.717) is 6.54 Å². The molecule has 1 N–H and O–H groups in total. The molecule has 1 aromatic heterocycles. The predicted octanol–water partition coefficient (Wildman–Crippen LogP) is 1.65. The van der Waals surface area contributed by atoms with Crippen LogP contribution in [0.4, 0.5) is 0 Å². The Hall–Kier alpha value is -2.63. The van der Waals surface area contributed by atoms with Gasteiger partial charge in [0.25, 0.3) is 0 Å². The summed E-state index contributed by atoms with van der Waals surface area (Å²) in [5, 5.41) is 13.5. The maximum atomic E-state index is 12.6. The monoisotopic (exact) mass is 299 g/mol. The standard InChI is InChI=1S/C16H17N3O3/c1-11(19-8-4-7-17-19)15(20)18-9-12-5-2-3-6-13(12)14(10-18)16(21)22/h2-8,11,14H,9-10H2,1H3,(H,21,22). The van der Waals surface area contributed by atoms with Crippen molar-refractivity contribution in [3.8, 4) is 0 Å². The topological polar surface area (TPSA) is 75.4 Å². The van der Waals surface area contributed by atoms with Crippen LogP contribution >= 0.6 is 0 Å². The average Bonchev–Trinajstić information content (AvgIpc) is 3.06. The molecule has 6 heteroatoms. The Morgan fingerprint density at radius 2 is 2.09 bits per heavy atom. The summed E-state index contributed by atoms with van der Waals surface area (Å²) in [6.45, 7) is 2.40. The van der Waals surface area contributed by atoms with Crippen molar-refractivity contribution < 1.29 is 14.7 Å². The molecule has 1 aliphatic heterocycles. The molecular weight excluding hydrogens is 282 g/mol. The van der Waals surface area contributed by atoms with Gasteiger partial charge >= 0.3 is 5.97 Å². The summed E-state index contributed by atoms with van der Waals surface area (Å²) in [5.74, 6) is -1.71. The Balaban J connectivity index is 1.87. The number of hydrogen-bond donors (Lipinski definition) is 1. The summed E-state index contributed by atoms with van der Waals surface area (Å²) in [4.78, 5) is 25.8. The summed E-state index contributed by atoms with van der Waals surface area (Å²) in [6.07, 6.45) is 3.35. The molecule has 2 aromatic rings. The van der Waals surface area contributed by atoms with E-state index in [-0.39, 0.29) is 12.5 Å². The quantitative estimate of drug-likeness (QED) is 0.935. The van der Waals surface area contributed by atoms with Crippen LogP contribution < -0.4 is 0 Å². The highest BCUT2D eigenvalue weighted by Gasteiger charge is 2.34. The van der Waals surface area contributed by atoms with Gasteiger partial charge in [0.1, 0.15) is 6.04 Å². The third-order valence-electron chi connectivity index (χ3n) is 4.08. The zero-order valence-electron chi connectivity index (χ0n) is 12.2. The highest BCUT2D eigenvalue weighted by Crippen LogP contribution is 2.29. The van der Waals surface area contributed by atoms with Crippen molar-refractivity contribution in [2.45, 2.75) is 25.4 Å². The van der Waals surface area contributed by atoms with Crippen LogP contribution in [0.2, 0.25) is 0 Å². The maximum absolute atomic E-state index is 12.6. The van der Waals surface area contributed by atoms with E-state index in [4.69, 9.17) is 0 Å². The number of amides is 1. The number of carboxylic acids is 1. The van der Waals surface area contributed by atoms with Crippen LogP contribution in [0.15, 0.2) is 42.7 Å². The summed E-state index contributed by atoms with van der Waals surface area (Å²) >= 11 is 0. The van der Waals surface area contributed by atoms with Crippen LogP contribution in [-0.4, -0.2) is 38.2 Å². The van der Waals surface area contributed by atoms with Crippen LogP contribution in [0, 0.1) is 0 Å². The molecule has 0 bridgehead atoms. The number of aromatic nitrogens is 2. The SMILES string of the molecule is CC(C(=O)N1Cc2ccccc2C(C(=O)O)C1)n1cccn1. The summed E-state index contributed by atoms with van der Waals surface area (Å²) in [6, 6.07) is 8.71. The Morgan fingerprint density at radius 1 is 1.32 bits per heavy atom. The van der Waals surface area contributed by atoms with Crippen molar-refractivity contribution in [1.29, 1.82) is 0 Å². The Kier molecular flexibility index (Phi) is 3.66. The molecule has 1 aromatic carbocycles. The number of carbonyl (C=O) groups excluding carboxylic acids is 1. The molecule has 2 unspecified atom stereocenters. The number of rotatable bonds is 3. The lowest BCUT2D eigenvalue weighted by Gasteiger charge is -2.34. The lowest BCUT2D eigenvalue weighted by atomic mass is 9.89. The Bertz CT molecular complexity index is 696. The molecule has 0 fully saturated rings. The van der Waals surface area contributed by atoms with Gasteiger partial charge in [-0.1, -0.05) is 24.3 Å². The zero-order chi connectivity index (χ0) is 15.7. The molecular formula is C16H17N3O3. The van der Waals surface area contributed by atoms with Gasteiger partial charge < -0.3 is 10.0 Å². The molecule has 6 nitrogen and oxygen atoms in total. The van der Waals surface area contributed by atoms with Gasteiger partial charge in [0.15, 0.2) is 0 Å². The number of carboxylic acid groups (broad SMARTS) is 1. The molecule has 3 rings (SSSR count). The number of benzene rings is 1. The molecule has 0 aliphatic carbocycles. The second kappa shape index (κ2) is 5.63. The molecule has 0 spiro atoms. The summed E-state index contributed by atoms with van der Waals surface area (Å²) < 4.78 is 1.58. The van der Waals surface area contributed by atoms with Gasteiger partial charge in [0.2, 0.25) is 5.91 Å². The first-order chi connectivity index (χ1) is 10.6. The third kappa shape index (κ3) is 2.47. The van der Waals surface area contributed by atoms with Crippen LogP contribution in [0.5, 0.6) is 0 Å². The van der Waals surface area contributed by atoms with E-state index in [1.165, 1.54) is 0 Å². The number of hydrogen-bond acceptors (Lipinski definition) is 3. The van der Waals surface area contributed by atoms with E-state index in [9.17, 15) is 14.7 Å². The average molecular weight is 299 g/mol. The lowest BCUT2D eigenvalue weighted by molar-refractivity contribution is -0.142. The van der Waals surface area contributed by atoms with Crippen molar-refractivity contribution in [3.05, 3.63) is 53.9 Å². The van der Waals surface area contributed by atoms with Gasteiger partial charge in [-0.3, -0.25) is 14.3 Å². The maximum Gasteiger partial charge on any atom is 0.312 e. The third-order valence-corrected chi connectivity index (χ3v) is 4.08. The Morgan fingerprint density at radius 3 is 2.77 bits per heavy atom. The van der Waals surface area contributed by atoms with E-state index < -0.39 is 17.9 Å². The fraction of sp³-hybridized carbons (Fsp3) is 0.312. The first-order valence-electron chi connectivity index (χ1n) is 7.16. The van der Waals surface area contributed by atoms with E-state index >= 15 is 0 Å². The second-order valence-corrected chi connectivity index (χ2v) is 5.47. The lowest BCUT2D eigenvalue weighted by Crippen LogP contribution is -2.43. The fourth-order valence-corrected chi connectivity index (χ4v) is 2.87. The second-order valence-electron chi connectivity index (χ2n) is 5.47. The predicted molar refractivity (Wildman–Crippen MR) is 79.2 cm³/mol. The largest absolute Gasteiger partial charge is 0.481 e. The molecule has 1 aliphatic rings. The minimum Gasteiger partial charge on any atom is -0.481 e. The van der Waals surface area contributed by atoms with Gasteiger partial charge in [-0.15, -0.1) is 0 Å². The number of fused-ring (bicyclic) bond motifs is 1. The van der Waals surface area contributed by atoms with Crippen molar-refractivity contribution in [2.24, 2.45) is 0 Å². The van der Waals surface area contributed by atoms with Crippen molar-refractivity contribution in [1.82, 2.24) is 14.7 Å². The Labute approximate surface area is 128 Å². The number of carbonyl (C=O) groups is 2. The number of nitrogens with zero attached hydrogens (tertiary/aromatic N) is 3. The van der Waals surface area contributed by atoms with Crippen molar-refractivity contribution in [2.75, 3.05) is 6.54 Å². The molecule has 2 heterocycles. The molecule has 0 saturated carbocycles. The smallest absolute Gasteiger partial charge is 0.312 e. The van der Waals surface area contributed by atoms with E-state index in [1.807, 2.05) is 24.3 Å². The van der Waals surface area contributed by atoms with E-state index in [0.717, 1.165) is 11.1 Å². The normalized spacial score (nSPS) is 18.6. The van der Waals surface area contributed by atoms with Crippen molar-refractivity contribution >= 4 is 11.9 Å². The first kappa shape index (κ1) is 14.3. The fourth-order valence-electron chi connectivity index (χ4n) is 2.87. The van der Waals surface area contributed by atoms with Gasteiger partial charge in [0, 0.05) is 25.5 Å². The minimum absolute atomic E-state index is 0.121. The van der Waals surface area contributed by atoms with E-state index in [1.54, 1.807) is 35.0 Å². The van der Waals surface area contributed by atoms with Gasteiger partial charge in [-0.2, -0.15) is 5.10 Å². The molecule has 0 radical (unpaired) electrons. The molecule has 2 atom stereocenters. The summed E-state index contributed by atoms with van der Waals surface area (Å²) in [7, 11) is 0. The van der Waals surface area contributed by atoms with Crippen molar-refractivity contribution in [3.63, 3.8) is 0 Å². The molecule has 22 heavy (non-hydrogen) atoms. The summed E-state index contributed by atoms with van der Waals surface area (Å²) in [5.41, 5.74) is 1.69. The molecule has 0 saturated heterocycles. The van der Waals surface area contributed by atoms with Crippen LogP contribution in [0.25, 0.3) is 0 Å². The van der Waals surface area contributed by atoms with Crippen LogP contribution in [-0.2, 0) is 16.1 Å². The van der Waals surface area contributed by atoms with Crippen LogP contribution in [0.3, 0.4) is 0 Å². The van der Waals surface area contributed by atoms with Crippen LogP contribution in [0.1, 0.15) is 30.0 Å². The highest BCUT2D eigenvalue weighted by atomic mass is 16.4. The minimum atomic E-state index is -0.906. The zero-order valence-corrected chi connectivity index (χ0v) is 12.2.